The van der Waals surface area contributed by atoms with Crippen LogP contribution in [0.1, 0.15) is 20.3 Å². The Hall–Kier alpha value is -0.570. The molecule has 0 aliphatic heterocycles. The molecule has 0 saturated carbocycles. The van der Waals surface area contributed by atoms with E-state index in [1.165, 1.54) is 0 Å². The van der Waals surface area contributed by atoms with Crippen molar-refractivity contribution in [1.29, 1.82) is 0 Å². The minimum atomic E-state index is 0.235. The fourth-order valence-electron chi connectivity index (χ4n) is 0.721. The molecule has 0 fully saturated rings. The molecule has 1 aromatic heterocycles. The first-order valence-electron chi connectivity index (χ1n) is 4.00. The maximum Gasteiger partial charge on any atom is 0.213 e. The summed E-state index contributed by atoms with van der Waals surface area (Å²) in [5.74, 6) is 0.688. The molecular formula is C9H12BrNO. The van der Waals surface area contributed by atoms with Crippen molar-refractivity contribution in [3.05, 3.63) is 22.8 Å². The molecule has 0 N–H and O–H groups in total. The fourth-order valence-corrected chi connectivity index (χ4v) is 0.956. The summed E-state index contributed by atoms with van der Waals surface area (Å²) >= 11 is 3.31. The largest absolute Gasteiger partial charge is 0.475 e. The van der Waals surface area contributed by atoms with Gasteiger partial charge >= 0.3 is 0 Å². The van der Waals surface area contributed by atoms with E-state index in [-0.39, 0.29) is 6.10 Å². The van der Waals surface area contributed by atoms with Gasteiger partial charge in [-0.3, -0.25) is 0 Å². The Bertz CT molecular complexity index is 235. The first-order valence-corrected chi connectivity index (χ1v) is 4.80. The molecule has 0 amide bonds. The van der Waals surface area contributed by atoms with Gasteiger partial charge in [-0.1, -0.05) is 6.92 Å². The quantitative estimate of drug-likeness (QED) is 0.796. The number of hydrogen-bond donors (Lipinski definition) is 0. The lowest BCUT2D eigenvalue weighted by molar-refractivity contribution is 0.208. The summed E-state index contributed by atoms with van der Waals surface area (Å²) in [5.41, 5.74) is 0. The van der Waals surface area contributed by atoms with E-state index in [1.54, 1.807) is 6.20 Å². The van der Waals surface area contributed by atoms with E-state index in [0.717, 1.165) is 10.9 Å². The molecule has 2 nitrogen and oxygen atoms in total. The highest BCUT2D eigenvalue weighted by molar-refractivity contribution is 9.10. The standard InChI is InChI=1S/C9H12BrNO/c1-3-7(2)12-9-5-4-8(10)6-11-9/h4-7H,3H2,1-2H3/t7-/m0/s1. The predicted molar refractivity (Wildman–Crippen MR) is 52.3 cm³/mol. The van der Waals surface area contributed by atoms with Crippen LogP contribution in [0.2, 0.25) is 0 Å². The van der Waals surface area contributed by atoms with E-state index in [9.17, 15) is 0 Å². The number of rotatable bonds is 3. The second-order valence-corrected chi connectivity index (χ2v) is 3.57. The van der Waals surface area contributed by atoms with Gasteiger partial charge in [0, 0.05) is 16.7 Å². The van der Waals surface area contributed by atoms with Crippen LogP contribution < -0.4 is 4.74 Å². The number of pyridine rings is 1. The SMILES string of the molecule is CC[C@H](C)Oc1ccc(Br)cn1. The van der Waals surface area contributed by atoms with Crippen LogP contribution >= 0.6 is 15.9 Å². The molecule has 0 bridgehead atoms. The van der Waals surface area contributed by atoms with Gasteiger partial charge in [0.1, 0.15) is 0 Å². The third kappa shape index (κ3) is 2.81. The van der Waals surface area contributed by atoms with E-state index >= 15 is 0 Å². The lowest BCUT2D eigenvalue weighted by Gasteiger charge is -2.10. The Kier molecular flexibility index (Phi) is 3.53. The van der Waals surface area contributed by atoms with Gasteiger partial charge in [-0.25, -0.2) is 4.98 Å². The molecule has 66 valence electrons. The summed E-state index contributed by atoms with van der Waals surface area (Å²) in [7, 11) is 0. The van der Waals surface area contributed by atoms with Gasteiger partial charge in [0.2, 0.25) is 5.88 Å². The number of halogens is 1. The molecule has 0 aliphatic rings. The third-order valence-corrected chi connectivity index (χ3v) is 2.07. The van der Waals surface area contributed by atoms with Gasteiger partial charge in [-0.15, -0.1) is 0 Å². The van der Waals surface area contributed by atoms with Crippen LogP contribution in [0.15, 0.2) is 22.8 Å². The second kappa shape index (κ2) is 4.45. The predicted octanol–water partition coefficient (Wildman–Crippen LogP) is 3.02. The smallest absolute Gasteiger partial charge is 0.213 e. The lowest BCUT2D eigenvalue weighted by atomic mass is 10.3. The van der Waals surface area contributed by atoms with Crippen LogP contribution in [0.5, 0.6) is 5.88 Å². The Labute approximate surface area is 81.1 Å². The van der Waals surface area contributed by atoms with Gasteiger partial charge < -0.3 is 4.74 Å². The normalized spacial score (nSPS) is 12.6. The molecule has 0 saturated heterocycles. The Morgan fingerprint density at radius 1 is 1.58 bits per heavy atom. The molecule has 12 heavy (non-hydrogen) atoms. The van der Waals surface area contributed by atoms with Crippen molar-refractivity contribution < 1.29 is 4.74 Å². The van der Waals surface area contributed by atoms with Gasteiger partial charge in [0.15, 0.2) is 0 Å². The average molecular weight is 230 g/mol. The lowest BCUT2D eigenvalue weighted by Crippen LogP contribution is -2.10. The molecule has 0 aliphatic carbocycles. The second-order valence-electron chi connectivity index (χ2n) is 2.65. The number of hydrogen-bond acceptors (Lipinski definition) is 2. The molecule has 3 heteroatoms. The van der Waals surface area contributed by atoms with Crippen molar-refractivity contribution >= 4 is 15.9 Å². The first kappa shape index (κ1) is 9.52. The van der Waals surface area contributed by atoms with Crippen molar-refractivity contribution in [1.82, 2.24) is 4.98 Å². The van der Waals surface area contributed by atoms with Gasteiger partial charge in [-0.2, -0.15) is 0 Å². The van der Waals surface area contributed by atoms with E-state index in [1.807, 2.05) is 19.1 Å². The van der Waals surface area contributed by atoms with E-state index in [0.29, 0.717) is 5.88 Å². The topological polar surface area (TPSA) is 22.1 Å². The van der Waals surface area contributed by atoms with Crippen LogP contribution in [-0.4, -0.2) is 11.1 Å². The zero-order chi connectivity index (χ0) is 8.97. The Morgan fingerprint density at radius 3 is 2.83 bits per heavy atom. The first-order chi connectivity index (χ1) is 5.72. The highest BCUT2D eigenvalue weighted by Crippen LogP contribution is 2.13. The number of ether oxygens (including phenoxy) is 1. The molecule has 1 heterocycles. The van der Waals surface area contributed by atoms with E-state index in [4.69, 9.17) is 4.74 Å². The van der Waals surface area contributed by atoms with Crippen molar-refractivity contribution in [3.63, 3.8) is 0 Å². The molecule has 0 unspecified atom stereocenters. The Balaban J connectivity index is 2.58. The van der Waals surface area contributed by atoms with Crippen LogP contribution in [0.3, 0.4) is 0 Å². The van der Waals surface area contributed by atoms with Crippen LogP contribution in [-0.2, 0) is 0 Å². The summed E-state index contributed by atoms with van der Waals surface area (Å²) in [5, 5.41) is 0. The highest BCUT2D eigenvalue weighted by atomic mass is 79.9. The summed E-state index contributed by atoms with van der Waals surface area (Å²) in [4.78, 5) is 4.10. The van der Waals surface area contributed by atoms with Crippen molar-refractivity contribution in [2.75, 3.05) is 0 Å². The summed E-state index contributed by atoms with van der Waals surface area (Å²) < 4.78 is 6.46. The van der Waals surface area contributed by atoms with Crippen molar-refractivity contribution in [3.8, 4) is 5.88 Å². The van der Waals surface area contributed by atoms with E-state index < -0.39 is 0 Å². The molecular weight excluding hydrogens is 218 g/mol. The molecule has 1 aromatic rings. The molecule has 0 aromatic carbocycles. The highest BCUT2D eigenvalue weighted by Gasteiger charge is 2.00. The Morgan fingerprint density at radius 2 is 2.33 bits per heavy atom. The summed E-state index contributed by atoms with van der Waals surface area (Å²) in [6.07, 6.45) is 2.97. The summed E-state index contributed by atoms with van der Waals surface area (Å²) in [6.45, 7) is 4.12. The maximum absolute atomic E-state index is 5.49. The molecule has 1 atom stereocenters. The van der Waals surface area contributed by atoms with Crippen LogP contribution in [0.25, 0.3) is 0 Å². The number of nitrogens with zero attached hydrogens (tertiary/aromatic N) is 1. The average Bonchev–Trinajstić information content (AvgIpc) is 2.09. The van der Waals surface area contributed by atoms with Crippen LogP contribution in [0, 0.1) is 0 Å². The third-order valence-electron chi connectivity index (χ3n) is 1.60. The molecule has 0 spiro atoms. The minimum absolute atomic E-state index is 0.235. The van der Waals surface area contributed by atoms with Gasteiger partial charge in [0.05, 0.1) is 6.10 Å². The fraction of sp³-hybridized carbons (Fsp3) is 0.444. The van der Waals surface area contributed by atoms with E-state index in [2.05, 4.69) is 27.8 Å². The van der Waals surface area contributed by atoms with Crippen molar-refractivity contribution in [2.24, 2.45) is 0 Å². The zero-order valence-corrected chi connectivity index (χ0v) is 8.84. The van der Waals surface area contributed by atoms with Crippen molar-refractivity contribution in [2.45, 2.75) is 26.4 Å². The zero-order valence-electron chi connectivity index (χ0n) is 7.25. The van der Waals surface area contributed by atoms with Crippen LogP contribution in [0.4, 0.5) is 0 Å². The van der Waals surface area contributed by atoms with Gasteiger partial charge in [-0.05, 0) is 35.3 Å². The molecule has 1 rings (SSSR count). The minimum Gasteiger partial charge on any atom is -0.475 e. The number of aromatic nitrogens is 1. The van der Waals surface area contributed by atoms with Gasteiger partial charge in [0.25, 0.3) is 0 Å². The molecule has 0 radical (unpaired) electrons. The monoisotopic (exact) mass is 229 g/mol. The maximum atomic E-state index is 5.49. The summed E-state index contributed by atoms with van der Waals surface area (Å²) in [6, 6.07) is 3.78.